The number of carbonyl (C=O) groups excluding carboxylic acids is 2. The Hall–Kier alpha value is -3.19. The van der Waals surface area contributed by atoms with Crippen LogP contribution in [0.3, 0.4) is 0 Å². The molecular formula is C27H34N4O3. The van der Waals surface area contributed by atoms with Crippen molar-refractivity contribution >= 4 is 17.9 Å². The lowest BCUT2D eigenvalue weighted by Crippen LogP contribution is -2.52. The number of allylic oxidation sites excluding steroid dienone is 1. The molecule has 0 radical (unpaired) electrons. The molecule has 0 atom stereocenters. The minimum atomic E-state index is -0.278. The number of aryl methyl sites for hydroxylation is 2. The first-order chi connectivity index (χ1) is 16.4. The molecule has 0 bridgehead atoms. The predicted molar refractivity (Wildman–Crippen MR) is 134 cm³/mol. The molecule has 2 aliphatic rings. The van der Waals surface area contributed by atoms with Crippen molar-refractivity contribution in [1.29, 1.82) is 0 Å². The number of pyridine rings is 1. The summed E-state index contributed by atoms with van der Waals surface area (Å²) in [5.74, 6) is 0.544. The largest absolute Gasteiger partial charge is 0.342 e. The third kappa shape index (κ3) is 5.83. The minimum Gasteiger partial charge on any atom is -0.342 e. The van der Waals surface area contributed by atoms with Crippen molar-refractivity contribution < 1.29 is 9.59 Å². The molecular weight excluding hydrogens is 428 g/mol. The fraction of sp³-hybridized carbons (Fsp3) is 0.444. The monoisotopic (exact) mass is 462 g/mol. The number of likely N-dealkylation sites (tertiary alicyclic amines) is 1. The molecule has 1 aromatic carbocycles. The number of piperidine rings is 1. The lowest BCUT2D eigenvalue weighted by atomic mass is 9.94. The number of hydrogen-bond donors (Lipinski definition) is 1. The Bertz CT molecular complexity index is 1090. The van der Waals surface area contributed by atoms with Crippen molar-refractivity contribution in [3.8, 4) is 0 Å². The summed E-state index contributed by atoms with van der Waals surface area (Å²) >= 11 is 0. The predicted octanol–water partition coefficient (Wildman–Crippen LogP) is 2.70. The Kier molecular flexibility index (Phi) is 7.63. The van der Waals surface area contributed by atoms with Crippen LogP contribution in [0.15, 0.2) is 47.4 Å². The van der Waals surface area contributed by atoms with Crippen molar-refractivity contribution in [2.45, 2.75) is 26.7 Å². The van der Waals surface area contributed by atoms with Gasteiger partial charge >= 0.3 is 0 Å². The number of aromatic amines is 1. The van der Waals surface area contributed by atoms with E-state index in [0.29, 0.717) is 44.2 Å². The minimum absolute atomic E-state index is 0.131. The quantitative estimate of drug-likeness (QED) is 0.741. The van der Waals surface area contributed by atoms with Gasteiger partial charge in [0.2, 0.25) is 11.5 Å². The highest BCUT2D eigenvalue weighted by atomic mass is 16.2. The van der Waals surface area contributed by atoms with Gasteiger partial charge in [-0.05, 0) is 55.4 Å². The molecule has 7 nitrogen and oxygen atoms in total. The van der Waals surface area contributed by atoms with E-state index in [1.54, 1.807) is 11.0 Å². The lowest BCUT2D eigenvalue weighted by Gasteiger charge is -2.36. The van der Waals surface area contributed by atoms with Crippen LogP contribution in [-0.4, -0.2) is 77.3 Å². The normalized spacial score (nSPS) is 17.9. The van der Waals surface area contributed by atoms with Crippen molar-refractivity contribution in [1.82, 2.24) is 19.7 Å². The van der Waals surface area contributed by atoms with Gasteiger partial charge in [0.1, 0.15) is 0 Å². The highest BCUT2D eigenvalue weighted by Gasteiger charge is 2.26. The molecule has 34 heavy (non-hydrogen) atoms. The number of carbonyl (C=O) groups is 2. The van der Waals surface area contributed by atoms with Gasteiger partial charge in [-0.15, -0.1) is 0 Å². The second-order valence-corrected chi connectivity index (χ2v) is 9.39. The molecule has 3 heterocycles. The zero-order valence-corrected chi connectivity index (χ0v) is 20.1. The van der Waals surface area contributed by atoms with E-state index < -0.39 is 0 Å². The zero-order chi connectivity index (χ0) is 24.1. The molecule has 2 amide bonds. The summed E-state index contributed by atoms with van der Waals surface area (Å²) in [4.78, 5) is 45.3. The Morgan fingerprint density at radius 2 is 1.65 bits per heavy atom. The summed E-state index contributed by atoms with van der Waals surface area (Å²) in [6.45, 7) is 8.72. The van der Waals surface area contributed by atoms with E-state index in [1.807, 2.05) is 4.90 Å². The number of hydrogen-bond acceptors (Lipinski definition) is 4. The smallest absolute Gasteiger partial charge is 0.254 e. The first kappa shape index (κ1) is 24.0. The second kappa shape index (κ2) is 10.8. The summed E-state index contributed by atoms with van der Waals surface area (Å²) in [5.41, 5.74) is 4.02. The Balaban J connectivity index is 1.21. The molecule has 2 aromatic rings. The van der Waals surface area contributed by atoms with Gasteiger partial charge in [-0.1, -0.05) is 30.4 Å². The van der Waals surface area contributed by atoms with Crippen LogP contribution in [0.1, 0.15) is 39.9 Å². The number of piperazine rings is 1. The van der Waals surface area contributed by atoms with Gasteiger partial charge in [0.15, 0.2) is 0 Å². The second-order valence-electron chi connectivity index (χ2n) is 9.39. The van der Waals surface area contributed by atoms with E-state index in [9.17, 15) is 14.4 Å². The van der Waals surface area contributed by atoms with Crippen LogP contribution >= 0.6 is 0 Å². The highest BCUT2D eigenvalue weighted by Crippen LogP contribution is 2.22. The number of nitrogens with one attached hydrogen (secondary N) is 1. The summed E-state index contributed by atoms with van der Waals surface area (Å²) in [6, 6.07) is 9.34. The molecule has 2 fully saturated rings. The van der Waals surface area contributed by atoms with Crippen LogP contribution in [-0.2, 0) is 4.79 Å². The van der Waals surface area contributed by atoms with E-state index >= 15 is 0 Å². The van der Waals surface area contributed by atoms with E-state index in [2.05, 4.69) is 54.1 Å². The molecule has 180 valence electrons. The average molecular weight is 463 g/mol. The number of H-pyrrole nitrogens is 1. The molecule has 0 spiro atoms. The number of aromatic nitrogens is 1. The first-order valence-corrected chi connectivity index (χ1v) is 12.1. The Morgan fingerprint density at radius 3 is 2.29 bits per heavy atom. The van der Waals surface area contributed by atoms with E-state index in [4.69, 9.17) is 0 Å². The van der Waals surface area contributed by atoms with Crippen molar-refractivity contribution in [2.75, 3.05) is 45.8 Å². The van der Waals surface area contributed by atoms with Crippen molar-refractivity contribution in [2.24, 2.45) is 5.92 Å². The number of amides is 2. The molecule has 4 rings (SSSR count). The van der Waals surface area contributed by atoms with E-state index in [1.165, 1.54) is 29.0 Å². The van der Waals surface area contributed by atoms with E-state index in [-0.39, 0.29) is 17.4 Å². The Morgan fingerprint density at radius 1 is 0.971 bits per heavy atom. The fourth-order valence-electron chi connectivity index (χ4n) is 4.82. The van der Waals surface area contributed by atoms with Crippen LogP contribution < -0.4 is 5.56 Å². The van der Waals surface area contributed by atoms with Gasteiger partial charge in [0, 0.05) is 57.1 Å². The standard InChI is InChI=1S/C27H34N4O3/c1-20-4-3-5-21(2)24(20)7-6-22-9-12-30(13-10-22)26(33)19-29-14-16-31(17-15-29)27(34)23-8-11-28-25(32)18-23/h3-8,11,18,22H,9-10,12-17,19H2,1-2H3,(H,28,32)/b7-6+. The molecule has 2 saturated heterocycles. The lowest BCUT2D eigenvalue weighted by molar-refractivity contribution is -0.133. The van der Waals surface area contributed by atoms with Crippen LogP contribution in [0.25, 0.3) is 6.08 Å². The fourth-order valence-corrected chi connectivity index (χ4v) is 4.82. The van der Waals surface area contributed by atoms with Crippen LogP contribution in [0.4, 0.5) is 0 Å². The third-order valence-electron chi connectivity index (χ3n) is 7.01. The van der Waals surface area contributed by atoms with Gasteiger partial charge in [0.25, 0.3) is 5.91 Å². The molecule has 0 aliphatic carbocycles. The number of rotatable bonds is 5. The molecule has 0 saturated carbocycles. The van der Waals surface area contributed by atoms with E-state index in [0.717, 1.165) is 25.9 Å². The summed E-state index contributed by atoms with van der Waals surface area (Å²) < 4.78 is 0. The van der Waals surface area contributed by atoms with Gasteiger partial charge in [-0.25, -0.2) is 0 Å². The maximum absolute atomic E-state index is 12.9. The average Bonchev–Trinajstić information content (AvgIpc) is 2.84. The maximum Gasteiger partial charge on any atom is 0.254 e. The maximum atomic E-state index is 12.9. The summed E-state index contributed by atoms with van der Waals surface area (Å²) in [7, 11) is 0. The van der Waals surface area contributed by atoms with Crippen molar-refractivity contribution in [3.05, 3.63) is 75.2 Å². The number of nitrogens with zero attached hydrogens (tertiary/aromatic N) is 3. The zero-order valence-electron chi connectivity index (χ0n) is 20.1. The first-order valence-electron chi connectivity index (χ1n) is 12.1. The molecule has 1 aromatic heterocycles. The van der Waals surface area contributed by atoms with Gasteiger partial charge in [-0.3, -0.25) is 19.3 Å². The molecule has 1 N–H and O–H groups in total. The topological polar surface area (TPSA) is 76.7 Å². The molecule has 7 heteroatoms. The molecule has 2 aliphatic heterocycles. The third-order valence-corrected chi connectivity index (χ3v) is 7.01. The molecule has 0 unspecified atom stereocenters. The van der Waals surface area contributed by atoms with Crippen LogP contribution in [0.5, 0.6) is 0 Å². The number of benzene rings is 1. The van der Waals surface area contributed by atoms with Gasteiger partial charge in [0.05, 0.1) is 6.54 Å². The highest BCUT2D eigenvalue weighted by molar-refractivity contribution is 5.94. The van der Waals surface area contributed by atoms with Crippen molar-refractivity contribution in [3.63, 3.8) is 0 Å². The van der Waals surface area contributed by atoms with Crippen LogP contribution in [0, 0.1) is 19.8 Å². The van der Waals surface area contributed by atoms with Gasteiger partial charge < -0.3 is 14.8 Å². The summed E-state index contributed by atoms with van der Waals surface area (Å²) in [6.07, 6.45) is 8.04. The van der Waals surface area contributed by atoms with Gasteiger partial charge in [-0.2, -0.15) is 0 Å². The SMILES string of the molecule is Cc1cccc(C)c1/C=C/C1CCN(C(=O)CN2CCN(C(=O)c3cc[nH]c(=O)c3)CC2)CC1. The van der Waals surface area contributed by atoms with Crippen LogP contribution in [0.2, 0.25) is 0 Å². The summed E-state index contributed by atoms with van der Waals surface area (Å²) in [5, 5.41) is 0. The Labute approximate surface area is 201 Å².